The van der Waals surface area contributed by atoms with E-state index in [9.17, 15) is 14.7 Å². The Morgan fingerprint density at radius 1 is 0.564 bits per heavy atom. The summed E-state index contributed by atoms with van der Waals surface area (Å²) < 4.78 is 5.03. The lowest BCUT2D eigenvalue weighted by molar-refractivity contribution is -0.151. The van der Waals surface area contributed by atoms with E-state index in [4.69, 9.17) is 4.74 Å². The lowest BCUT2D eigenvalue weighted by Crippen LogP contribution is -2.19. The van der Waals surface area contributed by atoms with Gasteiger partial charge < -0.3 is 9.84 Å². The molecular formula is C35H66O4. The Bertz CT molecular complexity index is 557. The van der Waals surface area contributed by atoms with Gasteiger partial charge in [0.2, 0.25) is 0 Å². The summed E-state index contributed by atoms with van der Waals surface area (Å²) in [6.07, 6.45) is 38.0. The number of unbranched alkanes of at least 4 members (excludes halogenated alkanes) is 22. The van der Waals surface area contributed by atoms with Crippen molar-refractivity contribution in [2.24, 2.45) is 5.92 Å². The van der Waals surface area contributed by atoms with Crippen molar-refractivity contribution in [3.63, 3.8) is 0 Å². The highest BCUT2D eigenvalue weighted by molar-refractivity contribution is 5.78. The van der Waals surface area contributed by atoms with Crippen LogP contribution in [0.15, 0.2) is 12.2 Å². The van der Waals surface area contributed by atoms with Gasteiger partial charge in [0.05, 0.1) is 18.9 Å². The summed E-state index contributed by atoms with van der Waals surface area (Å²) in [5.41, 5.74) is 0. The Morgan fingerprint density at radius 2 is 0.949 bits per heavy atom. The minimum atomic E-state index is -0.875. The summed E-state index contributed by atoms with van der Waals surface area (Å²) in [6.45, 7) is 4.60. The van der Waals surface area contributed by atoms with Gasteiger partial charge in [-0.05, 0) is 38.5 Å². The van der Waals surface area contributed by atoms with E-state index in [1.54, 1.807) is 0 Å². The zero-order valence-electron chi connectivity index (χ0n) is 26.2. The predicted molar refractivity (Wildman–Crippen MR) is 167 cm³/mol. The standard InChI is InChI=1S/C35H66O4/c1-3-5-6-7-8-9-10-11-12-13-14-15-16-17-18-19-20-21-22-23-24-25-26-27-28-29-30-33(35(37)38)32-34(36)39-31-4-2/h15-16,33H,3-14,17-32H2,1-2H3,(H,37,38)/b16-15+. The summed E-state index contributed by atoms with van der Waals surface area (Å²) in [5.74, 6) is -1.85. The molecular weight excluding hydrogens is 484 g/mol. The number of carbonyl (C=O) groups excluding carboxylic acids is 1. The Hall–Kier alpha value is -1.32. The molecule has 0 radical (unpaired) electrons. The molecule has 0 saturated heterocycles. The first-order valence-corrected chi connectivity index (χ1v) is 17.1. The smallest absolute Gasteiger partial charge is 0.307 e. The molecule has 230 valence electrons. The van der Waals surface area contributed by atoms with Crippen molar-refractivity contribution in [3.8, 4) is 0 Å². The van der Waals surface area contributed by atoms with Gasteiger partial charge in [0, 0.05) is 0 Å². The quantitative estimate of drug-likeness (QED) is 0.0529. The molecule has 0 fully saturated rings. The second-order valence-electron chi connectivity index (χ2n) is 11.7. The third-order valence-corrected chi connectivity index (χ3v) is 7.79. The SMILES string of the molecule is CCCCCCCCCCCC/C=C/CCCCCCCCCCCCCCC(CC(=O)OCCC)C(=O)O. The van der Waals surface area contributed by atoms with Crippen molar-refractivity contribution in [3.05, 3.63) is 12.2 Å². The largest absolute Gasteiger partial charge is 0.481 e. The predicted octanol–water partition coefficient (Wildman–Crippen LogP) is 11.4. The molecule has 0 heterocycles. The summed E-state index contributed by atoms with van der Waals surface area (Å²) in [7, 11) is 0. The Balaban J connectivity index is 3.33. The molecule has 4 nitrogen and oxygen atoms in total. The van der Waals surface area contributed by atoms with Crippen LogP contribution in [-0.2, 0) is 14.3 Å². The number of rotatable bonds is 31. The molecule has 0 aliphatic rings. The molecule has 0 aromatic rings. The number of esters is 1. The average molecular weight is 551 g/mol. The van der Waals surface area contributed by atoms with Gasteiger partial charge in [0.25, 0.3) is 0 Å². The third-order valence-electron chi connectivity index (χ3n) is 7.79. The van der Waals surface area contributed by atoms with Crippen molar-refractivity contribution in [1.82, 2.24) is 0 Å². The molecule has 0 aliphatic carbocycles. The zero-order valence-corrected chi connectivity index (χ0v) is 26.2. The van der Waals surface area contributed by atoms with Crippen molar-refractivity contribution in [1.29, 1.82) is 0 Å². The Labute approximate surface area is 243 Å². The van der Waals surface area contributed by atoms with E-state index >= 15 is 0 Å². The van der Waals surface area contributed by atoms with E-state index < -0.39 is 11.9 Å². The second kappa shape index (κ2) is 31.2. The van der Waals surface area contributed by atoms with Crippen LogP contribution in [0.2, 0.25) is 0 Å². The van der Waals surface area contributed by atoms with Crippen LogP contribution in [0.25, 0.3) is 0 Å². The van der Waals surface area contributed by atoms with E-state index in [1.807, 2.05) is 6.92 Å². The van der Waals surface area contributed by atoms with E-state index in [0.717, 1.165) is 19.3 Å². The normalized spacial score (nSPS) is 12.3. The van der Waals surface area contributed by atoms with Crippen LogP contribution in [0, 0.1) is 5.92 Å². The first kappa shape index (κ1) is 37.7. The maximum Gasteiger partial charge on any atom is 0.307 e. The van der Waals surface area contributed by atoms with E-state index in [2.05, 4.69) is 19.1 Å². The number of carboxylic acid groups (broad SMARTS) is 1. The van der Waals surface area contributed by atoms with Gasteiger partial charge in [-0.15, -0.1) is 0 Å². The Morgan fingerprint density at radius 3 is 1.33 bits per heavy atom. The molecule has 39 heavy (non-hydrogen) atoms. The van der Waals surface area contributed by atoms with Crippen molar-refractivity contribution in [2.75, 3.05) is 6.61 Å². The number of carbonyl (C=O) groups is 2. The van der Waals surface area contributed by atoms with E-state index in [-0.39, 0.29) is 12.4 Å². The van der Waals surface area contributed by atoms with Gasteiger partial charge in [0.15, 0.2) is 0 Å². The molecule has 1 unspecified atom stereocenters. The Kier molecular flexibility index (Phi) is 30.2. The summed E-state index contributed by atoms with van der Waals surface area (Å²) >= 11 is 0. The first-order valence-electron chi connectivity index (χ1n) is 17.1. The van der Waals surface area contributed by atoms with Gasteiger partial charge in [0.1, 0.15) is 0 Å². The first-order chi connectivity index (χ1) is 19.1. The van der Waals surface area contributed by atoms with Crippen molar-refractivity contribution < 1.29 is 19.4 Å². The molecule has 0 amide bonds. The zero-order chi connectivity index (χ0) is 28.7. The van der Waals surface area contributed by atoms with Gasteiger partial charge in [-0.1, -0.05) is 154 Å². The highest BCUT2D eigenvalue weighted by atomic mass is 16.5. The molecule has 4 heteroatoms. The number of hydrogen-bond acceptors (Lipinski definition) is 3. The summed E-state index contributed by atoms with van der Waals surface area (Å²) in [5, 5.41) is 9.33. The lowest BCUT2D eigenvalue weighted by Gasteiger charge is -2.11. The van der Waals surface area contributed by atoms with Crippen molar-refractivity contribution >= 4 is 11.9 Å². The molecule has 1 N–H and O–H groups in total. The molecule has 0 saturated carbocycles. The van der Waals surface area contributed by atoms with Gasteiger partial charge in [-0.2, -0.15) is 0 Å². The number of hydrogen-bond donors (Lipinski definition) is 1. The van der Waals surface area contributed by atoms with E-state index in [0.29, 0.717) is 13.0 Å². The fraction of sp³-hybridized carbons (Fsp3) is 0.886. The molecule has 0 aromatic heterocycles. The molecule has 0 rings (SSSR count). The van der Waals surface area contributed by atoms with Crippen LogP contribution in [0.1, 0.15) is 187 Å². The van der Waals surface area contributed by atoms with Crippen LogP contribution in [0.5, 0.6) is 0 Å². The number of allylic oxidation sites excluding steroid dienone is 2. The minimum absolute atomic E-state index is 0.00543. The maximum atomic E-state index is 11.7. The minimum Gasteiger partial charge on any atom is -0.481 e. The van der Waals surface area contributed by atoms with Crippen LogP contribution in [-0.4, -0.2) is 23.7 Å². The fourth-order valence-electron chi connectivity index (χ4n) is 5.19. The van der Waals surface area contributed by atoms with Crippen LogP contribution < -0.4 is 0 Å². The molecule has 1 atom stereocenters. The lowest BCUT2D eigenvalue weighted by atomic mass is 9.97. The topological polar surface area (TPSA) is 63.6 Å². The van der Waals surface area contributed by atoms with Crippen LogP contribution in [0.3, 0.4) is 0 Å². The highest BCUT2D eigenvalue weighted by Crippen LogP contribution is 2.18. The van der Waals surface area contributed by atoms with E-state index in [1.165, 1.54) is 141 Å². The van der Waals surface area contributed by atoms with Gasteiger partial charge in [-0.25, -0.2) is 0 Å². The van der Waals surface area contributed by atoms with Crippen molar-refractivity contribution in [2.45, 2.75) is 187 Å². The number of ether oxygens (including phenoxy) is 1. The number of carboxylic acids is 1. The van der Waals surface area contributed by atoms with Crippen LogP contribution in [0.4, 0.5) is 0 Å². The fourth-order valence-corrected chi connectivity index (χ4v) is 5.19. The molecule has 0 spiro atoms. The maximum absolute atomic E-state index is 11.7. The highest BCUT2D eigenvalue weighted by Gasteiger charge is 2.21. The third kappa shape index (κ3) is 29.5. The molecule has 0 aromatic carbocycles. The molecule has 0 aliphatic heterocycles. The number of aliphatic carboxylic acids is 1. The second-order valence-corrected chi connectivity index (χ2v) is 11.7. The summed E-state index contributed by atoms with van der Waals surface area (Å²) in [4.78, 5) is 23.0. The molecule has 0 bridgehead atoms. The average Bonchev–Trinajstić information content (AvgIpc) is 2.93. The van der Waals surface area contributed by atoms with Crippen LogP contribution >= 0.6 is 0 Å². The van der Waals surface area contributed by atoms with Gasteiger partial charge >= 0.3 is 11.9 Å². The van der Waals surface area contributed by atoms with Gasteiger partial charge in [-0.3, -0.25) is 9.59 Å². The monoisotopic (exact) mass is 550 g/mol. The summed E-state index contributed by atoms with van der Waals surface area (Å²) in [6, 6.07) is 0.